The first-order valence-electron chi connectivity index (χ1n) is 12.6. The predicted octanol–water partition coefficient (Wildman–Crippen LogP) is 4.32. The van der Waals surface area contributed by atoms with Gasteiger partial charge < -0.3 is 43.7 Å². The van der Waals surface area contributed by atoms with Crippen LogP contribution >= 0.6 is 0 Å². The first-order chi connectivity index (χ1) is 21.2. The zero-order valence-electron chi connectivity index (χ0n) is 22.2. The number of fused-ring (bicyclic) bond motifs is 2. The van der Waals surface area contributed by atoms with E-state index >= 15 is 0 Å². The van der Waals surface area contributed by atoms with Gasteiger partial charge in [0.25, 0.3) is 0 Å². The second-order valence-electron chi connectivity index (χ2n) is 9.68. The average Bonchev–Trinajstić information content (AvgIpc) is 2.94. The summed E-state index contributed by atoms with van der Waals surface area (Å²) in [5, 5.41) is 62.1. The van der Waals surface area contributed by atoms with Gasteiger partial charge in [0.05, 0.1) is 5.56 Å². The molecule has 0 saturated carbocycles. The number of benzene rings is 4. The third kappa shape index (κ3) is 5.07. The van der Waals surface area contributed by atoms with Gasteiger partial charge in [0.15, 0.2) is 16.8 Å². The Hall–Kier alpha value is -6.19. The number of hydrogen-bond acceptors (Lipinski definition) is 13. The second kappa shape index (κ2) is 10.2. The van der Waals surface area contributed by atoms with Crippen LogP contribution in [0.4, 0.5) is 0 Å². The Morgan fingerprint density at radius 3 is 2.02 bits per heavy atom. The molecule has 0 fully saturated rings. The minimum atomic E-state index is -4.80. The molecule has 0 saturated heterocycles. The number of aromatic hydroxyl groups is 6. The van der Waals surface area contributed by atoms with E-state index in [-0.39, 0.29) is 50.3 Å². The Morgan fingerprint density at radius 1 is 0.667 bits per heavy atom. The minimum Gasteiger partial charge on any atom is -0.508 e. The van der Waals surface area contributed by atoms with Crippen LogP contribution in [0.25, 0.3) is 55.7 Å². The maximum Gasteiger partial charge on any atom is 0.446 e. The first kappa shape index (κ1) is 28.9. The van der Waals surface area contributed by atoms with Crippen molar-refractivity contribution in [3.8, 4) is 74.0 Å². The highest BCUT2D eigenvalue weighted by Crippen LogP contribution is 2.46. The van der Waals surface area contributed by atoms with E-state index in [1.807, 2.05) is 0 Å². The fraction of sp³-hybridized carbons (Fsp3) is 0. The lowest BCUT2D eigenvalue weighted by atomic mass is 9.96. The summed E-state index contributed by atoms with van der Waals surface area (Å²) in [7, 11) is -4.80. The zero-order valence-corrected chi connectivity index (χ0v) is 23.1. The fourth-order valence-corrected chi connectivity index (χ4v) is 5.20. The fourth-order valence-electron chi connectivity index (χ4n) is 4.85. The smallest absolute Gasteiger partial charge is 0.446 e. The standard InChI is InChI=1S/C30H18O14S/c31-14-8-18(33)26-23(9-14)43-29(28(38)27(26)37)13-3-6-17(32)16(7-13)24-19(34)10-20(35)25-21(36)11-22(42-30(24)25)12-1-4-15(5-2-12)44-45(39,40)41/h1-11,31-35,38H,(H,39,40,41). The molecule has 15 heteroatoms. The van der Waals surface area contributed by atoms with E-state index in [0.29, 0.717) is 0 Å². The molecule has 2 heterocycles. The van der Waals surface area contributed by atoms with Crippen LogP contribution in [0.1, 0.15) is 0 Å². The predicted molar refractivity (Wildman–Crippen MR) is 157 cm³/mol. The molecule has 6 rings (SSSR count). The SMILES string of the molecule is O=c1c(O)c(-c2ccc(O)c(-c3c(O)cc(O)c4c(=O)cc(-c5ccc(OS(=O)(=O)O)cc5)oc34)c2)oc2cc(O)cc(O)c12. The summed E-state index contributed by atoms with van der Waals surface area (Å²) in [6.45, 7) is 0. The van der Waals surface area contributed by atoms with Gasteiger partial charge in [-0.15, -0.1) is 0 Å². The number of hydrogen-bond donors (Lipinski definition) is 7. The molecule has 0 atom stereocenters. The van der Waals surface area contributed by atoms with Gasteiger partial charge >= 0.3 is 10.4 Å². The van der Waals surface area contributed by atoms with Gasteiger partial charge in [0.2, 0.25) is 11.2 Å². The summed E-state index contributed by atoms with van der Waals surface area (Å²) >= 11 is 0. The minimum absolute atomic E-state index is 0.0318. The first-order valence-corrected chi connectivity index (χ1v) is 13.9. The van der Waals surface area contributed by atoms with Crippen molar-refractivity contribution in [3.05, 3.63) is 87.2 Å². The average molecular weight is 635 g/mol. The molecule has 0 amide bonds. The zero-order chi connectivity index (χ0) is 32.4. The number of phenolic OH excluding ortho intramolecular Hbond substituents is 5. The molecular formula is C30H18O14S. The number of rotatable bonds is 5. The highest BCUT2D eigenvalue weighted by molar-refractivity contribution is 7.81. The van der Waals surface area contributed by atoms with Crippen LogP contribution in [0.2, 0.25) is 0 Å². The summed E-state index contributed by atoms with van der Waals surface area (Å²) in [6, 6.07) is 12.3. The lowest BCUT2D eigenvalue weighted by Crippen LogP contribution is -2.06. The van der Waals surface area contributed by atoms with Gasteiger partial charge in [-0.25, -0.2) is 0 Å². The van der Waals surface area contributed by atoms with Crippen molar-refractivity contribution in [2.45, 2.75) is 0 Å². The van der Waals surface area contributed by atoms with Crippen molar-refractivity contribution in [1.82, 2.24) is 0 Å². The van der Waals surface area contributed by atoms with Crippen molar-refractivity contribution in [2.24, 2.45) is 0 Å². The van der Waals surface area contributed by atoms with E-state index in [2.05, 4.69) is 4.18 Å². The van der Waals surface area contributed by atoms with Crippen LogP contribution in [0, 0.1) is 0 Å². The van der Waals surface area contributed by atoms with Gasteiger partial charge in [0.1, 0.15) is 56.6 Å². The molecule has 0 aliphatic carbocycles. The lowest BCUT2D eigenvalue weighted by Gasteiger charge is -2.14. The molecule has 45 heavy (non-hydrogen) atoms. The van der Waals surface area contributed by atoms with Gasteiger partial charge in [-0.1, -0.05) is 0 Å². The number of phenols is 5. The molecule has 0 radical (unpaired) electrons. The quantitative estimate of drug-likeness (QED) is 0.131. The Morgan fingerprint density at radius 2 is 1.33 bits per heavy atom. The maximum atomic E-state index is 13.2. The van der Waals surface area contributed by atoms with Gasteiger partial charge in [0, 0.05) is 41.0 Å². The van der Waals surface area contributed by atoms with Gasteiger partial charge in [-0.05, 0) is 42.5 Å². The van der Waals surface area contributed by atoms with E-state index in [1.54, 1.807) is 0 Å². The summed E-state index contributed by atoms with van der Waals surface area (Å²) in [6.07, 6.45) is 0. The molecule has 4 aromatic carbocycles. The van der Waals surface area contributed by atoms with Crippen LogP contribution < -0.4 is 15.0 Å². The maximum absolute atomic E-state index is 13.2. The third-order valence-electron chi connectivity index (χ3n) is 6.76. The molecular weight excluding hydrogens is 616 g/mol. The van der Waals surface area contributed by atoms with Crippen LogP contribution in [0.15, 0.2) is 85.2 Å². The third-order valence-corrected chi connectivity index (χ3v) is 7.17. The Bertz CT molecular complexity index is 2420. The molecule has 2 aromatic heterocycles. The molecule has 7 N–H and O–H groups in total. The van der Waals surface area contributed by atoms with Crippen LogP contribution in [-0.2, 0) is 10.4 Å². The highest BCUT2D eigenvalue weighted by atomic mass is 32.3. The molecule has 14 nitrogen and oxygen atoms in total. The van der Waals surface area contributed by atoms with E-state index in [0.717, 1.165) is 42.5 Å². The Balaban J connectivity index is 1.57. The van der Waals surface area contributed by atoms with Crippen LogP contribution in [0.3, 0.4) is 0 Å². The second-order valence-corrected chi connectivity index (χ2v) is 10.7. The van der Waals surface area contributed by atoms with E-state index in [4.69, 9.17) is 13.4 Å². The van der Waals surface area contributed by atoms with Crippen molar-refractivity contribution in [1.29, 1.82) is 0 Å². The molecule has 228 valence electrons. The van der Waals surface area contributed by atoms with E-state index in [1.165, 1.54) is 24.3 Å². The van der Waals surface area contributed by atoms with Gasteiger partial charge in [-0.2, -0.15) is 8.42 Å². The topological polar surface area (TPSA) is 245 Å². The molecule has 0 aliphatic heterocycles. The molecule has 0 bridgehead atoms. The summed E-state index contributed by atoms with van der Waals surface area (Å²) in [4.78, 5) is 26.0. The lowest BCUT2D eigenvalue weighted by molar-refractivity contribution is 0.386. The van der Waals surface area contributed by atoms with Crippen molar-refractivity contribution in [3.63, 3.8) is 0 Å². The Labute approximate surface area is 250 Å². The van der Waals surface area contributed by atoms with Gasteiger partial charge in [-0.3, -0.25) is 14.1 Å². The largest absolute Gasteiger partial charge is 0.508 e. The summed E-state index contributed by atoms with van der Waals surface area (Å²) in [5.74, 6) is -4.58. The molecule has 0 aliphatic rings. The molecule has 0 spiro atoms. The van der Waals surface area contributed by atoms with Crippen molar-refractivity contribution >= 4 is 32.3 Å². The highest BCUT2D eigenvalue weighted by Gasteiger charge is 2.24. The van der Waals surface area contributed by atoms with E-state index < -0.39 is 66.9 Å². The Kier molecular flexibility index (Phi) is 6.56. The van der Waals surface area contributed by atoms with E-state index in [9.17, 15) is 48.6 Å². The van der Waals surface area contributed by atoms with Crippen molar-refractivity contribution in [2.75, 3.05) is 0 Å². The molecule has 6 aromatic rings. The van der Waals surface area contributed by atoms with Crippen LogP contribution in [0.5, 0.6) is 40.2 Å². The molecule has 0 unspecified atom stereocenters. The summed E-state index contributed by atoms with van der Waals surface area (Å²) in [5.41, 5.74) is -2.77. The van der Waals surface area contributed by atoms with Crippen molar-refractivity contribution < 1.29 is 56.6 Å². The normalized spacial score (nSPS) is 11.7. The van der Waals surface area contributed by atoms with Crippen LogP contribution in [-0.4, -0.2) is 43.6 Å². The summed E-state index contributed by atoms with van der Waals surface area (Å²) < 4.78 is 46.8. The monoisotopic (exact) mass is 634 g/mol.